The molecule has 10 heteroatoms. The molecule has 0 aliphatic heterocycles. The molecule has 4 rings (SSSR count). The van der Waals surface area contributed by atoms with Crippen molar-refractivity contribution in [3.05, 3.63) is 123 Å². The summed E-state index contributed by atoms with van der Waals surface area (Å²) in [5, 5.41) is 7.34. The van der Waals surface area contributed by atoms with Gasteiger partial charge >= 0.3 is 5.97 Å². The SMILES string of the molecule is CCOc1cc(C=NNC(=O)c2cccc(NC(=O)c3ccc(Cl)cc3Cl)c2)ccc1OC(=O)c1ccccc1. The summed E-state index contributed by atoms with van der Waals surface area (Å²) in [6.45, 7) is 2.16. The van der Waals surface area contributed by atoms with Crippen LogP contribution in [-0.2, 0) is 0 Å². The Morgan fingerprint density at radius 2 is 1.60 bits per heavy atom. The van der Waals surface area contributed by atoms with Crippen LogP contribution in [-0.4, -0.2) is 30.6 Å². The van der Waals surface area contributed by atoms with Gasteiger partial charge in [-0.2, -0.15) is 5.10 Å². The second kappa shape index (κ2) is 13.4. The molecule has 0 aliphatic carbocycles. The molecular weight excluding hydrogens is 553 g/mol. The van der Waals surface area contributed by atoms with E-state index in [2.05, 4.69) is 15.8 Å². The van der Waals surface area contributed by atoms with Gasteiger partial charge in [0.25, 0.3) is 11.8 Å². The van der Waals surface area contributed by atoms with Gasteiger partial charge in [0.1, 0.15) is 0 Å². The molecule has 8 nitrogen and oxygen atoms in total. The first-order valence-electron chi connectivity index (χ1n) is 12.1. The van der Waals surface area contributed by atoms with E-state index in [1.54, 1.807) is 66.7 Å². The van der Waals surface area contributed by atoms with Gasteiger partial charge in [-0.05, 0) is 79.2 Å². The van der Waals surface area contributed by atoms with Crippen molar-refractivity contribution in [1.29, 1.82) is 0 Å². The Kier molecular flexibility index (Phi) is 9.51. The minimum absolute atomic E-state index is 0.211. The molecule has 40 heavy (non-hydrogen) atoms. The predicted octanol–water partition coefficient (Wildman–Crippen LogP) is 6.63. The van der Waals surface area contributed by atoms with Crippen molar-refractivity contribution < 1.29 is 23.9 Å². The zero-order valence-electron chi connectivity index (χ0n) is 21.2. The van der Waals surface area contributed by atoms with Crippen LogP contribution in [0.1, 0.15) is 43.6 Å². The number of carbonyl (C=O) groups is 3. The van der Waals surface area contributed by atoms with Crippen LogP contribution in [0.2, 0.25) is 10.0 Å². The highest BCUT2D eigenvalue weighted by Gasteiger charge is 2.14. The van der Waals surface area contributed by atoms with Crippen molar-refractivity contribution in [3.8, 4) is 11.5 Å². The van der Waals surface area contributed by atoms with E-state index in [-0.39, 0.29) is 21.9 Å². The molecule has 0 heterocycles. The number of hydrazone groups is 1. The van der Waals surface area contributed by atoms with E-state index >= 15 is 0 Å². The summed E-state index contributed by atoms with van der Waals surface area (Å²) in [5.41, 5.74) is 4.38. The van der Waals surface area contributed by atoms with Crippen LogP contribution in [0.3, 0.4) is 0 Å². The van der Waals surface area contributed by atoms with Crippen LogP contribution in [0.5, 0.6) is 11.5 Å². The van der Waals surface area contributed by atoms with Crippen LogP contribution in [0, 0.1) is 0 Å². The largest absolute Gasteiger partial charge is 0.490 e. The van der Waals surface area contributed by atoms with Crippen molar-refractivity contribution in [2.45, 2.75) is 6.92 Å². The molecule has 4 aromatic carbocycles. The maximum absolute atomic E-state index is 12.7. The van der Waals surface area contributed by atoms with E-state index in [0.717, 1.165) is 0 Å². The number of carbonyl (C=O) groups excluding carboxylic acids is 3. The Labute approximate surface area is 240 Å². The highest BCUT2D eigenvalue weighted by Crippen LogP contribution is 2.29. The Morgan fingerprint density at radius 1 is 0.825 bits per heavy atom. The topological polar surface area (TPSA) is 106 Å². The normalized spacial score (nSPS) is 10.7. The zero-order chi connectivity index (χ0) is 28.5. The van der Waals surface area contributed by atoms with Gasteiger partial charge < -0.3 is 14.8 Å². The lowest BCUT2D eigenvalue weighted by Gasteiger charge is -2.11. The number of rotatable bonds is 9. The number of hydrogen-bond acceptors (Lipinski definition) is 6. The van der Waals surface area contributed by atoms with Crippen molar-refractivity contribution in [3.63, 3.8) is 0 Å². The van der Waals surface area contributed by atoms with Crippen LogP contribution in [0.15, 0.2) is 96.1 Å². The summed E-state index contributed by atoms with van der Waals surface area (Å²) in [7, 11) is 0. The van der Waals surface area contributed by atoms with E-state index in [9.17, 15) is 14.4 Å². The Hall–Kier alpha value is -4.66. The number of benzene rings is 4. The van der Waals surface area contributed by atoms with E-state index in [0.29, 0.717) is 34.2 Å². The molecule has 0 aliphatic rings. The molecule has 202 valence electrons. The molecule has 0 saturated heterocycles. The number of nitrogens with zero attached hydrogens (tertiary/aromatic N) is 1. The lowest BCUT2D eigenvalue weighted by Crippen LogP contribution is -2.18. The van der Waals surface area contributed by atoms with Crippen LogP contribution in [0.25, 0.3) is 0 Å². The average molecular weight is 576 g/mol. The fourth-order valence-corrected chi connectivity index (χ4v) is 4.03. The van der Waals surface area contributed by atoms with Crippen molar-refractivity contribution in [1.82, 2.24) is 5.43 Å². The van der Waals surface area contributed by atoms with Gasteiger partial charge in [-0.15, -0.1) is 0 Å². The molecular formula is C30H23Cl2N3O5. The quantitative estimate of drug-likeness (QED) is 0.101. The van der Waals surface area contributed by atoms with E-state index in [1.807, 2.05) is 13.0 Å². The molecule has 0 fully saturated rings. The molecule has 0 bridgehead atoms. The van der Waals surface area contributed by atoms with Gasteiger partial charge in [-0.1, -0.05) is 47.5 Å². The standard InChI is InChI=1S/C30H23Cl2N3O5/c1-2-39-27-15-19(11-14-26(27)40-30(38)20-7-4-3-5-8-20)18-33-35-28(36)21-9-6-10-23(16-21)34-29(37)24-13-12-22(31)17-25(24)32/h3-18H,2H2,1H3,(H,34,37)(H,35,36). The summed E-state index contributed by atoms with van der Waals surface area (Å²) in [5.74, 6) is -0.831. The van der Waals surface area contributed by atoms with Gasteiger partial charge in [-0.3, -0.25) is 9.59 Å². The maximum Gasteiger partial charge on any atom is 0.343 e. The summed E-state index contributed by atoms with van der Waals surface area (Å²) in [6.07, 6.45) is 1.43. The second-order valence-electron chi connectivity index (χ2n) is 8.25. The number of ether oxygens (including phenoxy) is 2. The zero-order valence-corrected chi connectivity index (χ0v) is 22.7. The molecule has 0 saturated carbocycles. The number of halogens is 2. The third-order valence-electron chi connectivity index (χ3n) is 5.42. The number of nitrogens with one attached hydrogen (secondary N) is 2. The number of anilines is 1. The van der Waals surface area contributed by atoms with E-state index < -0.39 is 17.8 Å². The summed E-state index contributed by atoms with van der Waals surface area (Å²) < 4.78 is 11.1. The minimum Gasteiger partial charge on any atom is -0.490 e. The lowest BCUT2D eigenvalue weighted by atomic mass is 10.1. The Balaban J connectivity index is 1.40. The summed E-state index contributed by atoms with van der Waals surface area (Å²) >= 11 is 12.0. The van der Waals surface area contributed by atoms with Crippen LogP contribution >= 0.6 is 23.2 Å². The van der Waals surface area contributed by atoms with Gasteiger partial charge in [-0.25, -0.2) is 10.2 Å². The highest BCUT2D eigenvalue weighted by molar-refractivity contribution is 6.37. The van der Waals surface area contributed by atoms with Crippen molar-refractivity contribution in [2.75, 3.05) is 11.9 Å². The number of hydrogen-bond donors (Lipinski definition) is 2. The molecule has 0 atom stereocenters. The number of amides is 2. The smallest absolute Gasteiger partial charge is 0.343 e. The van der Waals surface area contributed by atoms with E-state index in [4.69, 9.17) is 32.7 Å². The predicted molar refractivity (Wildman–Crippen MR) is 155 cm³/mol. The molecule has 2 N–H and O–H groups in total. The van der Waals surface area contributed by atoms with Crippen LogP contribution in [0.4, 0.5) is 5.69 Å². The molecule has 0 radical (unpaired) electrons. The lowest BCUT2D eigenvalue weighted by molar-refractivity contribution is 0.0728. The maximum atomic E-state index is 12.7. The molecule has 0 unspecified atom stereocenters. The Morgan fingerprint density at radius 3 is 2.35 bits per heavy atom. The third-order valence-corrected chi connectivity index (χ3v) is 5.97. The highest BCUT2D eigenvalue weighted by atomic mass is 35.5. The molecule has 4 aromatic rings. The average Bonchev–Trinajstić information content (AvgIpc) is 2.95. The van der Waals surface area contributed by atoms with Gasteiger partial charge in [0.15, 0.2) is 11.5 Å². The van der Waals surface area contributed by atoms with Crippen molar-refractivity contribution >= 4 is 52.9 Å². The Bertz CT molecular complexity index is 1580. The molecule has 2 amide bonds. The summed E-state index contributed by atoms with van der Waals surface area (Å²) in [6, 6.07) is 24.4. The van der Waals surface area contributed by atoms with Crippen molar-refractivity contribution in [2.24, 2.45) is 5.10 Å². The second-order valence-corrected chi connectivity index (χ2v) is 9.10. The number of esters is 1. The summed E-state index contributed by atoms with van der Waals surface area (Å²) in [4.78, 5) is 37.7. The van der Waals surface area contributed by atoms with E-state index in [1.165, 1.54) is 24.4 Å². The first-order chi connectivity index (χ1) is 19.3. The monoisotopic (exact) mass is 575 g/mol. The first kappa shape index (κ1) is 28.4. The minimum atomic E-state index is -0.509. The molecule has 0 spiro atoms. The first-order valence-corrected chi connectivity index (χ1v) is 12.8. The van der Waals surface area contributed by atoms with Gasteiger partial charge in [0.2, 0.25) is 0 Å². The fourth-order valence-electron chi connectivity index (χ4n) is 3.53. The third kappa shape index (κ3) is 7.47. The fraction of sp³-hybridized carbons (Fsp3) is 0.0667. The molecule has 0 aromatic heterocycles. The van der Waals surface area contributed by atoms with Crippen LogP contribution < -0.4 is 20.2 Å². The van der Waals surface area contributed by atoms with Gasteiger partial charge in [0.05, 0.1) is 29.0 Å². The van der Waals surface area contributed by atoms with Gasteiger partial charge in [0, 0.05) is 16.3 Å².